The molecule has 0 aliphatic carbocycles. The van der Waals surface area contributed by atoms with Gasteiger partial charge in [0.15, 0.2) is 0 Å². The first kappa shape index (κ1) is 14.3. The Morgan fingerprint density at radius 3 is 2.53 bits per heavy atom. The van der Waals surface area contributed by atoms with Crippen LogP contribution in [-0.4, -0.2) is 11.5 Å². The topological polar surface area (TPSA) is 24.9 Å². The van der Waals surface area contributed by atoms with Crippen molar-refractivity contribution in [1.29, 1.82) is 0 Å². The van der Waals surface area contributed by atoms with Gasteiger partial charge in [-0.2, -0.15) is 0 Å². The van der Waals surface area contributed by atoms with E-state index in [1.54, 1.807) is 0 Å². The van der Waals surface area contributed by atoms with Crippen molar-refractivity contribution in [1.82, 2.24) is 4.98 Å². The summed E-state index contributed by atoms with van der Waals surface area (Å²) in [6, 6.07) is 4.34. The van der Waals surface area contributed by atoms with Crippen molar-refractivity contribution in [3.05, 3.63) is 33.4 Å². The molecule has 0 radical (unpaired) electrons. The molecule has 0 saturated heterocycles. The molecule has 1 aromatic heterocycles. The number of hydrogen-bond donors (Lipinski definition) is 1. The van der Waals surface area contributed by atoms with Gasteiger partial charge in [-0.3, -0.25) is 4.98 Å². The van der Waals surface area contributed by atoms with Crippen LogP contribution in [0.5, 0.6) is 0 Å². The normalized spacial score (nSPS) is 11.3. The lowest BCUT2D eigenvalue weighted by Crippen LogP contribution is -2.07. The summed E-state index contributed by atoms with van der Waals surface area (Å²) < 4.78 is 1.07. The Bertz CT molecular complexity index is 618. The van der Waals surface area contributed by atoms with Crippen molar-refractivity contribution < 1.29 is 0 Å². The summed E-state index contributed by atoms with van der Waals surface area (Å²) in [6.45, 7) is 11.7. The number of rotatable bonds is 3. The first-order chi connectivity index (χ1) is 8.95. The summed E-state index contributed by atoms with van der Waals surface area (Å²) in [5, 5.41) is 4.75. The van der Waals surface area contributed by atoms with E-state index in [1.807, 2.05) is 0 Å². The van der Waals surface area contributed by atoms with Crippen LogP contribution in [-0.2, 0) is 0 Å². The summed E-state index contributed by atoms with van der Waals surface area (Å²) >= 11 is 3.64. The molecule has 2 aromatic rings. The Labute approximate surface area is 123 Å². The average Bonchev–Trinajstić information content (AvgIpc) is 2.30. The fourth-order valence-corrected chi connectivity index (χ4v) is 3.33. The van der Waals surface area contributed by atoms with Crippen LogP contribution in [0, 0.1) is 13.8 Å². The van der Waals surface area contributed by atoms with Crippen molar-refractivity contribution in [2.75, 3.05) is 11.9 Å². The zero-order valence-electron chi connectivity index (χ0n) is 12.3. The maximum Gasteiger partial charge on any atom is 0.0868 e. The number of pyridine rings is 1. The third kappa shape index (κ3) is 2.62. The minimum absolute atomic E-state index is 0.463. The van der Waals surface area contributed by atoms with Gasteiger partial charge in [0, 0.05) is 27.8 Å². The Kier molecular flexibility index (Phi) is 4.14. The van der Waals surface area contributed by atoms with Gasteiger partial charge < -0.3 is 5.32 Å². The van der Waals surface area contributed by atoms with E-state index in [4.69, 9.17) is 4.98 Å². The molecule has 0 saturated carbocycles. The Morgan fingerprint density at radius 2 is 1.95 bits per heavy atom. The van der Waals surface area contributed by atoms with Crippen LogP contribution in [0.25, 0.3) is 10.9 Å². The smallest absolute Gasteiger partial charge is 0.0868 e. The quantitative estimate of drug-likeness (QED) is 0.843. The molecule has 0 atom stereocenters. The minimum Gasteiger partial charge on any atom is -0.384 e. The third-order valence-corrected chi connectivity index (χ3v) is 3.95. The standard InChI is InChI=1S/C16H21BrN2/c1-6-18-16-12-7-10(4)8-13(17)15(12)19-11(5)14(16)9(2)3/h7-9H,6H2,1-5H3,(H,18,19). The molecule has 1 heterocycles. The van der Waals surface area contributed by atoms with Crippen LogP contribution in [0.15, 0.2) is 16.6 Å². The maximum atomic E-state index is 4.79. The molecule has 0 aliphatic heterocycles. The fraction of sp³-hybridized carbons (Fsp3) is 0.438. The first-order valence-corrected chi connectivity index (χ1v) is 7.59. The Balaban J connectivity index is 2.89. The van der Waals surface area contributed by atoms with Crippen LogP contribution >= 0.6 is 15.9 Å². The van der Waals surface area contributed by atoms with Crippen molar-refractivity contribution in [3.8, 4) is 0 Å². The second kappa shape index (κ2) is 5.49. The molecule has 2 nitrogen and oxygen atoms in total. The minimum atomic E-state index is 0.463. The lowest BCUT2D eigenvalue weighted by molar-refractivity contribution is 0.848. The number of nitrogens with one attached hydrogen (secondary N) is 1. The van der Waals surface area contributed by atoms with Crippen molar-refractivity contribution in [2.45, 2.75) is 40.5 Å². The molecule has 3 heteroatoms. The highest BCUT2D eigenvalue weighted by Gasteiger charge is 2.16. The van der Waals surface area contributed by atoms with Crippen molar-refractivity contribution in [2.24, 2.45) is 0 Å². The number of aromatic nitrogens is 1. The Morgan fingerprint density at radius 1 is 1.26 bits per heavy atom. The number of fused-ring (bicyclic) bond motifs is 1. The second-order valence-electron chi connectivity index (χ2n) is 5.31. The van der Waals surface area contributed by atoms with Crippen LogP contribution in [0.1, 0.15) is 43.5 Å². The molecular weight excluding hydrogens is 300 g/mol. The van der Waals surface area contributed by atoms with Gasteiger partial charge >= 0.3 is 0 Å². The SMILES string of the molecule is CCNc1c(C(C)C)c(C)nc2c(Br)cc(C)cc12. The van der Waals surface area contributed by atoms with Gasteiger partial charge in [0.1, 0.15) is 0 Å². The summed E-state index contributed by atoms with van der Waals surface area (Å²) in [7, 11) is 0. The van der Waals surface area contributed by atoms with Gasteiger partial charge in [-0.15, -0.1) is 0 Å². The van der Waals surface area contributed by atoms with Gasteiger partial charge in [-0.1, -0.05) is 13.8 Å². The highest BCUT2D eigenvalue weighted by molar-refractivity contribution is 9.10. The molecule has 19 heavy (non-hydrogen) atoms. The number of aryl methyl sites for hydroxylation is 2. The van der Waals surface area contributed by atoms with E-state index in [2.05, 4.69) is 68.0 Å². The van der Waals surface area contributed by atoms with E-state index in [0.717, 1.165) is 22.2 Å². The number of hydrogen-bond acceptors (Lipinski definition) is 2. The summed E-state index contributed by atoms with van der Waals surface area (Å²) in [4.78, 5) is 4.79. The summed E-state index contributed by atoms with van der Waals surface area (Å²) in [6.07, 6.45) is 0. The van der Waals surface area contributed by atoms with E-state index in [1.165, 1.54) is 22.2 Å². The molecule has 0 spiro atoms. The first-order valence-electron chi connectivity index (χ1n) is 6.79. The predicted molar refractivity (Wildman–Crippen MR) is 87.2 cm³/mol. The predicted octanol–water partition coefficient (Wildman–Crippen LogP) is 5.17. The number of nitrogens with zero attached hydrogens (tertiary/aromatic N) is 1. The fourth-order valence-electron chi connectivity index (χ4n) is 2.67. The zero-order chi connectivity index (χ0) is 14.2. The van der Waals surface area contributed by atoms with Gasteiger partial charge in [0.05, 0.1) is 5.52 Å². The second-order valence-corrected chi connectivity index (χ2v) is 6.17. The van der Waals surface area contributed by atoms with Crippen LogP contribution < -0.4 is 5.32 Å². The van der Waals surface area contributed by atoms with Gasteiger partial charge in [0.25, 0.3) is 0 Å². The van der Waals surface area contributed by atoms with Crippen LogP contribution in [0.4, 0.5) is 5.69 Å². The molecule has 1 aromatic carbocycles. The molecule has 0 aliphatic rings. The summed E-state index contributed by atoms with van der Waals surface area (Å²) in [5.41, 5.74) is 5.97. The van der Waals surface area contributed by atoms with Crippen LogP contribution in [0.3, 0.4) is 0 Å². The highest BCUT2D eigenvalue weighted by Crippen LogP contribution is 2.36. The maximum absolute atomic E-state index is 4.79. The monoisotopic (exact) mass is 320 g/mol. The largest absolute Gasteiger partial charge is 0.384 e. The molecule has 0 amide bonds. The van der Waals surface area contributed by atoms with Crippen molar-refractivity contribution >= 4 is 32.5 Å². The number of anilines is 1. The average molecular weight is 321 g/mol. The Hall–Kier alpha value is -1.09. The lowest BCUT2D eigenvalue weighted by atomic mass is 9.96. The molecule has 1 N–H and O–H groups in total. The van der Waals surface area contributed by atoms with Gasteiger partial charge in [0.2, 0.25) is 0 Å². The van der Waals surface area contributed by atoms with Gasteiger partial charge in [-0.05, 0) is 65.9 Å². The molecule has 102 valence electrons. The number of halogens is 1. The molecule has 2 rings (SSSR count). The molecule has 0 unspecified atom stereocenters. The van der Waals surface area contributed by atoms with Crippen molar-refractivity contribution in [3.63, 3.8) is 0 Å². The summed E-state index contributed by atoms with van der Waals surface area (Å²) in [5.74, 6) is 0.463. The van der Waals surface area contributed by atoms with Gasteiger partial charge in [-0.25, -0.2) is 0 Å². The van der Waals surface area contributed by atoms with E-state index < -0.39 is 0 Å². The van der Waals surface area contributed by atoms with E-state index in [0.29, 0.717) is 5.92 Å². The zero-order valence-corrected chi connectivity index (χ0v) is 13.9. The molecule has 0 fully saturated rings. The molecular formula is C16H21BrN2. The lowest BCUT2D eigenvalue weighted by Gasteiger charge is -2.19. The number of benzene rings is 1. The van der Waals surface area contributed by atoms with E-state index >= 15 is 0 Å². The van der Waals surface area contributed by atoms with E-state index in [9.17, 15) is 0 Å². The van der Waals surface area contributed by atoms with E-state index in [-0.39, 0.29) is 0 Å². The van der Waals surface area contributed by atoms with Crippen LogP contribution in [0.2, 0.25) is 0 Å². The third-order valence-electron chi connectivity index (χ3n) is 3.35. The molecule has 0 bridgehead atoms. The highest BCUT2D eigenvalue weighted by atomic mass is 79.9.